The minimum Gasteiger partial charge on any atom is -0.462 e. The Morgan fingerprint density at radius 2 is 1.80 bits per heavy atom. The van der Waals surface area contributed by atoms with Crippen LogP contribution in [0, 0.1) is 34.5 Å². The highest BCUT2D eigenvalue weighted by atomic mass is 16.6. The lowest BCUT2D eigenvalue weighted by Crippen LogP contribution is -2.60. The summed E-state index contributed by atoms with van der Waals surface area (Å²) in [5.41, 5.74) is 0.00995. The van der Waals surface area contributed by atoms with E-state index in [0.717, 1.165) is 32.1 Å². The zero-order chi connectivity index (χ0) is 18.0. The van der Waals surface area contributed by atoms with Crippen LogP contribution in [0.2, 0.25) is 0 Å². The largest absolute Gasteiger partial charge is 0.462 e. The van der Waals surface area contributed by atoms with Gasteiger partial charge in [-0.2, -0.15) is 0 Å². The minimum atomic E-state index is -0.685. The summed E-state index contributed by atoms with van der Waals surface area (Å²) in [5.74, 6) is 1.19. The summed E-state index contributed by atoms with van der Waals surface area (Å²) >= 11 is 0. The zero-order valence-electron chi connectivity index (χ0n) is 15.6. The van der Waals surface area contributed by atoms with Gasteiger partial charge in [0.25, 0.3) is 0 Å². The van der Waals surface area contributed by atoms with Crippen LogP contribution in [0.5, 0.6) is 0 Å². The van der Waals surface area contributed by atoms with E-state index >= 15 is 0 Å². The summed E-state index contributed by atoms with van der Waals surface area (Å²) in [5, 5.41) is 20.9. The van der Waals surface area contributed by atoms with Gasteiger partial charge in [-0.3, -0.25) is 4.79 Å². The second-order valence-electron chi connectivity index (χ2n) is 9.52. The van der Waals surface area contributed by atoms with Gasteiger partial charge in [-0.25, -0.2) is 0 Å². The lowest BCUT2D eigenvalue weighted by atomic mass is 9.46. The fourth-order valence-electron chi connectivity index (χ4n) is 7.04. The molecule has 1 aliphatic heterocycles. The van der Waals surface area contributed by atoms with E-state index in [0.29, 0.717) is 30.8 Å². The number of ether oxygens (including phenoxy) is 2. The second-order valence-corrected chi connectivity index (χ2v) is 9.52. The number of carbonyl (C=O) groups is 1. The Bertz CT molecular complexity index is 550. The smallest absolute Gasteiger partial charge is 0.302 e. The molecule has 4 fully saturated rings. The van der Waals surface area contributed by atoms with Gasteiger partial charge < -0.3 is 19.7 Å². The van der Waals surface area contributed by atoms with Crippen LogP contribution < -0.4 is 0 Å². The standard InChI is InChI=1S/C20H32O5/c1-11(21)25-16-5-4-13-18-14(6-7-19(13,16)2)20(3)10-24-17(23)9-12(20)8-15(18)22/h12-18,22-23H,4-10H2,1-3H3/t12?,13?,14?,15?,16-,17-,18?,19-,20-/m0/s1. The molecule has 0 bridgehead atoms. The highest BCUT2D eigenvalue weighted by Crippen LogP contribution is 2.65. The van der Waals surface area contributed by atoms with Gasteiger partial charge in [0.05, 0.1) is 12.7 Å². The first-order chi connectivity index (χ1) is 11.8. The van der Waals surface area contributed by atoms with E-state index in [1.54, 1.807) is 0 Å². The number of fused-ring (bicyclic) bond motifs is 5. The van der Waals surface area contributed by atoms with Crippen LogP contribution in [-0.2, 0) is 14.3 Å². The summed E-state index contributed by atoms with van der Waals surface area (Å²) in [4.78, 5) is 11.5. The number of aliphatic hydroxyl groups excluding tert-OH is 2. The van der Waals surface area contributed by atoms with Gasteiger partial charge in [0.1, 0.15) is 6.10 Å². The summed E-state index contributed by atoms with van der Waals surface area (Å²) in [7, 11) is 0. The maximum Gasteiger partial charge on any atom is 0.302 e. The van der Waals surface area contributed by atoms with E-state index in [2.05, 4.69) is 13.8 Å². The molecule has 0 aromatic heterocycles. The molecule has 25 heavy (non-hydrogen) atoms. The SMILES string of the molecule is CC(=O)O[C@H]1CCC2C3C(O)CC4C[C@@H](O)OC[C@]4(C)C3CC[C@@]21C. The van der Waals surface area contributed by atoms with E-state index in [-0.39, 0.29) is 34.9 Å². The van der Waals surface area contributed by atoms with Crippen molar-refractivity contribution in [2.75, 3.05) is 6.61 Å². The fraction of sp³-hybridized carbons (Fsp3) is 0.950. The van der Waals surface area contributed by atoms with E-state index < -0.39 is 6.29 Å². The Morgan fingerprint density at radius 1 is 1.08 bits per heavy atom. The summed E-state index contributed by atoms with van der Waals surface area (Å²) in [6.07, 6.45) is 4.37. The first kappa shape index (κ1) is 17.7. The number of esters is 1. The van der Waals surface area contributed by atoms with Gasteiger partial charge in [-0.15, -0.1) is 0 Å². The monoisotopic (exact) mass is 352 g/mol. The molecule has 0 spiro atoms. The van der Waals surface area contributed by atoms with E-state index in [1.165, 1.54) is 6.92 Å². The molecule has 4 aliphatic rings. The lowest BCUT2D eigenvalue weighted by molar-refractivity contribution is -0.245. The van der Waals surface area contributed by atoms with Crippen molar-refractivity contribution >= 4 is 5.97 Å². The summed E-state index contributed by atoms with van der Waals surface area (Å²) in [6.45, 7) is 6.64. The molecule has 2 N–H and O–H groups in total. The molecule has 1 heterocycles. The highest BCUT2D eigenvalue weighted by molar-refractivity contribution is 5.66. The van der Waals surface area contributed by atoms with Crippen molar-refractivity contribution < 1.29 is 24.5 Å². The van der Waals surface area contributed by atoms with E-state index in [9.17, 15) is 15.0 Å². The molecule has 0 aromatic rings. The third kappa shape index (κ3) is 2.57. The molecule has 1 saturated heterocycles. The first-order valence-electron chi connectivity index (χ1n) is 9.90. The Hall–Kier alpha value is -0.650. The Labute approximate surface area is 150 Å². The van der Waals surface area contributed by atoms with Crippen molar-refractivity contribution in [2.45, 2.75) is 77.8 Å². The van der Waals surface area contributed by atoms with Crippen molar-refractivity contribution in [2.24, 2.45) is 34.5 Å². The topological polar surface area (TPSA) is 76.0 Å². The molecule has 5 nitrogen and oxygen atoms in total. The molecule has 0 aromatic carbocycles. The molecule has 0 radical (unpaired) electrons. The Balaban J connectivity index is 1.62. The zero-order valence-corrected chi connectivity index (χ0v) is 15.6. The van der Waals surface area contributed by atoms with Gasteiger partial charge in [0, 0.05) is 18.8 Å². The third-order valence-electron chi connectivity index (χ3n) is 8.38. The van der Waals surface area contributed by atoms with Crippen LogP contribution in [0.25, 0.3) is 0 Å². The lowest BCUT2D eigenvalue weighted by Gasteiger charge is -2.61. The average molecular weight is 352 g/mol. The van der Waals surface area contributed by atoms with Gasteiger partial charge in [0.15, 0.2) is 6.29 Å². The van der Waals surface area contributed by atoms with Crippen molar-refractivity contribution in [3.63, 3.8) is 0 Å². The Morgan fingerprint density at radius 3 is 2.52 bits per heavy atom. The van der Waals surface area contributed by atoms with Gasteiger partial charge in [-0.1, -0.05) is 13.8 Å². The third-order valence-corrected chi connectivity index (χ3v) is 8.38. The summed E-state index contributed by atoms with van der Waals surface area (Å²) in [6, 6.07) is 0. The molecular formula is C20H32O5. The van der Waals surface area contributed by atoms with Crippen molar-refractivity contribution in [1.29, 1.82) is 0 Å². The number of carbonyl (C=O) groups excluding carboxylic acids is 1. The number of rotatable bonds is 1. The molecular weight excluding hydrogens is 320 g/mol. The van der Waals surface area contributed by atoms with Crippen LogP contribution in [0.1, 0.15) is 59.3 Å². The minimum absolute atomic E-state index is 0.0156. The Kier molecular flexibility index (Phi) is 4.21. The van der Waals surface area contributed by atoms with Crippen LogP contribution in [0.4, 0.5) is 0 Å². The van der Waals surface area contributed by atoms with Crippen molar-refractivity contribution in [3.8, 4) is 0 Å². The van der Waals surface area contributed by atoms with Gasteiger partial charge in [-0.05, 0) is 61.2 Å². The predicted molar refractivity (Wildman–Crippen MR) is 91.4 cm³/mol. The maximum absolute atomic E-state index is 11.5. The molecule has 3 aliphatic carbocycles. The van der Waals surface area contributed by atoms with Crippen LogP contribution >= 0.6 is 0 Å². The van der Waals surface area contributed by atoms with Crippen molar-refractivity contribution in [3.05, 3.63) is 0 Å². The second kappa shape index (κ2) is 5.93. The molecule has 5 unspecified atom stereocenters. The molecule has 5 heteroatoms. The first-order valence-corrected chi connectivity index (χ1v) is 9.90. The molecule has 4 rings (SSSR count). The molecule has 0 amide bonds. The van der Waals surface area contributed by atoms with Crippen LogP contribution in [0.3, 0.4) is 0 Å². The number of hydrogen-bond acceptors (Lipinski definition) is 5. The number of hydrogen-bond donors (Lipinski definition) is 2. The summed E-state index contributed by atoms with van der Waals surface area (Å²) < 4.78 is 11.3. The van der Waals surface area contributed by atoms with Crippen LogP contribution in [0.15, 0.2) is 0 Å². The van der Waals surface area contributed by atoms with E-state index in [1.807, 2.05) is 0 Å². The maximum atomic E-state index is 11.5. The van der Waals surface area contributed by atoms with Gasteiger partial charge >= 0.3 is 5.97 Å². The molecule has 142 valence electrons. The van der Waals surface area contributed by atoms with E-state index in [4.69, 9.17) is 9.47 Å². The predicted octanol–water partition coefficient (Wildman–Crippen LogP) is 2.49. The average Bonchev–Trinajstić information content (AvgIpc) is 2.85. The molecule has 3 saturated carbocycles. The quantitative estimate of drug-likeness (QED) is 0.709. The highest BCUT2D eigenvalue weighted by Gasteiger charge is 2.63. The fourth-order valence-corrected chi connectivity index (χ4v) is 7.04. The number of aliphatic hydroxyl groups is 2. The molecule has 9 atom stereocenters. The normalized spacial score (nSPS) is 55.0. The van der Waals surface area contributed by atoms with Crippen LogP contribution in [-0.4, -0.2) is 41.3 Å². The van der Waals surface area contributed by atoms with Gasteiger partial charge in [0.2, 0.25) is 0 Å². The van der Waals surface area contributed by atoms with Crippen molar-refractivity contribution in [1.82, 2.24) is 0 Å².